The number of ether oxygens (including phenoxy) is 2. The van der Waals surface area contributed by atoms with Crippen molar-refractivity contribution in [3.8, 4) is 0 Å². The number of hydrogen-bond donors (Lipinski definition) is 4. The highest BCUT2D eigenvalue weighted by atomic mass is 16.7. The normalized spacial score (nSPS) is 41.0. The van der Waals surface area contributed by atoms with Crippen LogP contribution in [-0.4, -0.2) is 59.4 Å². The highest BCUT2D eigenvalue weighted by Gasteiger charge is 2.42. The topological polar surface area (TPSA) is 114 Å². The van der Waals surface area contributed by atoms with E-state index >= 15 is 0 Å². The second kappa shape index (κ2) is 13.9. The van der Waals surface area contributed by atoms with Crippen molar-refractivity contribution in [2.75, 3.05) is 6.54 Å². The Morgan fingerprint density at radius 1 is 1.00 bits per heavy atom. The average Bonchev–Trinajstić information content (AvgIpc) is 2.79. The Labute approximate surface area is 194 Å². The molecular formula is C25H48N2O5. The van der Waals surface area contributed by atoms with Crippen LogP contribution < -0.4 is 11.1 Å². The molecule has 0 radical (unpaired) electrons. The molecule has 2 aliphatic heterocycles. The van der Waals surface area contributed by atoms with E-state index in [1.807, 2.05) is 0 Å². The number of amides is 1. The predicted molar refractivity (Wildman–Crippen MR) is 126 cm³/mol. The van der Waals surface area contributed by atoms with Crippen LogP contribution in [0.1, 0.15) is 91.9 Å². The molecule has 0 aromatic rings. The van der Waals surface area contributed by atoms with E-state index in [2.05, 4.69) is 26.1 Å². The fourth-order valence-corrected chi connectivity index (χ4v) is 5.27. The zero-order chi connectivity index (χ0) is 23.7. The molecule has 1 amide bonds. The molecule has 2 heterocycles. The van der Waals surface area contributed by atoms with E-state index in [0.29, 0.717) is 18.4 Å². The van der Waals surface area contributed by atoms with Crippen LogP contribution in [0.3, 0.4) is 0 Å². The summed E-state index contributed by atoms with van der Waals surface area (Å²) in [6, 6.07) is -0.785. The molecule has 0 bridgehead atoms. The first kappa shape index (κ1) is 27.5. The van der Waals surface area contributed by atoms with Gasteiger partial charge in [-0.3, -0.25) is 4.79 Å². The second-order valence-corrected chi connectivity index (χ2v) is 9.93. The fraction of sp³-hybridized carbons (Fsp3) is 0.960. The van der Waals surface area contributed by atoms with Gasteiger partial charge in [0.05, 0.1) is 24.4 Å². The number of aliphatic hydroxyl groups is 2. The van der Waals surface area contributed by atoms with Crippen molar-refractivity contribution in [1.82, 2.24) is 5.32 Å². The molecule has 0 aliphatic carbocycles. The Bertz CT molecular complexity index is 548. The summed E-state index contributed by atoms with van der Waals surface area (Å²) in [5.41, 5.74) is 6.03. The molecule has 0 spiro atoms. The Morgan fingerprint density at radius 3 is 2.41 bits per heavy atom. The molecule has 2 fully saturated rings. The quantitative estimate of drug-likeness (QED) is 0.505. The first-order valence-electron chi connectivity index (χ1n) is 13.0. The lowest BCUT2D eigenvalue weighted by atomic mass is 9.85. The van der Waals surface area contributed by atoms with Crippen molar-refractivity contribution in [2.45, 2.75) is 129 Å². The third kappa shape index (κ3) is 7.66. The summed E-state index contributed by atoms with van der Waals surface area (Å²) in [6.07, 6.45) is 6.63. The van der Waals surface area contributed by atoms with Gasteiger partial charge in [-0.1, -0.05) is 46.5 Å². The van der Waals surface area contributed by atoms with Crippen LogP contribution in [0.5, 0.6) is 0 Å². The third-order valence-electron chi connectivity index (χ3n) is 7.77. The van der Waals surface area contributed by atoms with Crippen molar-refractivity contribution in [1.29, 1.82) is 0 Å². The van der Waals surface area contributed by atoms with Crippen LogP contribution in [0.4, 0.5) is 0 Å². The molecule has 2 rings (SSSR count). The SMILES string of the molecule is CC[C@H]1CCC[C@@H](CC)C(=O)NCCC[C@@H](CC)[C@H](O[C@@H]2O[C@H](C)[C@@H](O)[C@H](N)[C@@H]2O)CC1. The number of carbonyl (C=O) groups is 1. The van der Waals surface area contributed by atoms with Crippen molar-refractivity contribution >= 4 is 5.91 Å². The minimum Gasteiger partial charge on any atom is -0.389 e. The van der Waals surface area contributed by atoms with Crippen LogP contribution in [-0.2, 0) is 14.3 Å². The van der Waals surface area contributed by atoms with Gasteiger partial charge in [0.25, 0.3) is 0 Å². The summed E-state index contributed by atoms with van der Waals surface area (Å²) in [5.74, 6) is 1.23. The lowest BCUT2D eigenvalue weighted by Gasteiger charge is -2.42. The van der Waals surface area contributed by atoms with E-state index in [9.17, 15) is 15.0 Å². The second-order valence-electron chi connectivity index (χ2n) is 9.93. The molecule has 7 heteroatoms. The van der Waals surface area contributed by atoms with Crippen molar-refractivity contribution in [3.05, 3.63) is 0 Å². The number of nitrogens with one attached hydrogen (secondary N) is 1. The Balaban J connectivity index is 2.11. The summed E-state index contributed by atoms with van der Waals surface area (Å²) in [7, 11) is 0. The van der Waals surface area contributed by atoms with E-state index in [1.165, 1.54) is 0 Å². The van der Waals surface area contributed by atoms with Gasteiger partial charge in [-0.05, 0) is 57.3 Å². The Kier molecular flexibility index (Phi) is 11.9. The van der Waals surface area contributed by atoms with Crippen molar-refractivity contribution < 1.29 is 24.5 Å². The van der Waals surface area contributed by atoms with E-state index in [-0.39, 0.29) is 17.9 Å². The van der Waals surface area contributed by atoms with Gasteiger partial charge in [-0.15, -0.1) is 0 Å². The van der Waals surface area contributed by atoms with Gasteiger partial charge in [-0.2, -0.15) is 0 Å². The molecule has 0 aromatic carbocycles. The highest BCUT2D eigenvalue weighted by Crippen LogP contribution is 2.31. The van der Waals surface area contributed by atoms with Gasteiger partial charge in [0.1, 0.15) is 6.10 Å². The fourth-order valence-electron chi connectivity index (χ4n) is 5.27. The molecular weight excluding hydrogens is 408 g/mol. The number of carbonyl (C=O) groups excluding carboxylic acids is 1. The number of nitrogens with two attached hydrogens (primary N) is 1. The maximum atomic E-state index is 12.6. The maximum absolute atomic E-state index is 12.6. The van der Waals surface area contributed by atoms with Crippen LogP contribution in [0, 0.1) is 17.8 Å². The van der Waals surface area contributed by atoms with Gasteiger partial charge in [-0.25, -0.2) is 0 Å². The van der Waals surface area contributed by atoms with E-state index in [4.69, 9.17) is 15.2 Å². The summed E-state index contributed by atoms with van der Waals surface area (Å²) in [4.78, 5) is 12.6. The first-order valence-corrected chi connectivity index (χ1v) is 13.0. The van der Waals surface area contributed by atoms with Crippen LogP contribution >= 0.6 is 0 Å². The van der Waals surface area contributed by atoms with E-state index in [0.717, 1.165) is 64.2 Å². The Hall–Kier alpha value is -0.730. The standard InChI is InChI=1S/C25H48N2O5/c1-5-17-10-8-11-19(7-3)24(30)27-15-9-12-18(6-2)20(14-13-17)32-25-23(29)21(26)22(28)16(4)31-25/h16-23,25,28-29H,5-15,26H2,1-4H3,(H,27,30)/t16-,17+,18-,19-,20-,21+,22-,23+,25+/m1/s1. The highest BCUT2D eigenvalue weighted by molar-refractivity contribution is 5.78. The Morgan fingerprint density at radius 2 is 1.75 bits per heavy atom. The number of hydrogen-bond acceptors (Lipinski definition) is 6. The molecule has 7 nitrogen and oxygen atoms in total. The zero-order valence-electron chi connectivity index (χ0n) is 20.7. The summed E-state index contributed by atoms with van der Waals surface area (Å²) in [5, 5.41) is 23.8. The molecule has 0 unspecified atom stereocenters. The van der Waals surface area contributed by atoms with Crippen LogP contribution in [0.2, 0.25) is 0 Å². The molecule has 0 aromatic heterocycles. The molecule has 2 aliphatic rings. The van der Waals surface area contributed by atoms with Crippen molar-refractivity contribution in [2.24, 2.45) is 23.5 Å². The lowest BCUT2D eigenvalue weighted by Crippen LogP contribution is -2.61. The molecule has 0 saturated carbocycles. The largest absolute Gasteiger partial charge is 0.389 e. The van der Waals surface area contributed by atoms with Gasteiger partial charge in [0.2, 0.25) is 5.91 Å². The van der Waals surface area contributed by atoms with E-state index in [1.54, 1.807) is 6.92 Å². The smallest absolute Gasteiger partial charge is 0.223 e. The molecule has 5 N–H and O–H groups in total. The third-order valence-corrected chi connectivity index (χ3v) is 7.77. The maximum Gasteiger partial charge on any atom is 0.223 e. The number of rotatable bonds is 5. The molecule has 9 atom stereocenters. The first-order chi connectivity index (χ1) is 15.3. The molecule has 32 heavy (non-hydrogen) atoms. The minimum absolute atomic E-state index is 0.0506. The van der Waals surface area contributed by atoms with Gasteiger partial charge < -0.3 is 30.7 Å². The van der Waals surface area contributed by atoms with E-state index < -0.39 is 30.6 Å². The molecule has 2 saturated heterocycles. The minimum atomic E-state index is -1.06. The monoisotopic (exact) mass is 456 g/mol. The van der Waals surface area contributed by atoms with Crippen LogP contribution in [0.25, 0.3) is 0 Å². The van der Waals surface area contributed by atoms with Gasteiger partial charge in [0, 0.05) is 12.5 Å². The van der Waals surface area contributed by atoms with Gasteiger partial charge in [0.15, 0.2) is 6.29 Å². The van der Waals surface area contributed by atoms with Crippen LogP contribution in [0.15, 0.2) is 0 Å². The summed E-state index contributed by atoms with van der Waals surface area (Å²) >= 11 is 0. The summed E-state index contributed by atoms with van der Waals surface area (Å²) in [6.45, 7) is 8.96. The molecule has 188 valence electrons. The lowest BCUT2D eigenvalue weighted by molar-refractivity contribution is -0.286. The van der Waals surface area contributed by atoms with Crippen molar-refractivity contribution in [3.63, 3.8) is 0 Å². The number of aliphatic hydroxyl groups excluding tert-OH is 2. The summed E-state index contributed by atoms with van der Waals surface area (Å²) < 4.78 is 12.2. The average molecular weight is 457 g/mol. The van der Waals surface area contributed by atoms with Gasteiger partial charge >= 0.3 is 0 Å². The zero-order valence-corrected chi connectivity index (χ0v) is 20.7. The predicted octanol–water partition coefficient (Wildman–Crippen LogP) is 3.10.